The first-order valence-corrected chi connectivity index (χ1v) is 7.85. The second kappa shape index (κ2) is 6.55. The number of carbonyl (C=O) groups excluding carboxylic acids is 1. The molecule has 1 heterocycles. The Kier molecular flexibility index (Phi) is 4.50. The van der Waals surface area contributed by atoms with E-state index in [0.29, 0.717) is 10.8 Å². The first-order chi connectivity index (χ1) is 10.7. The van der Waals surface area contributed by atoms with Crippen LogP contribution in [-0.4, -0.2) is 43.1 Å². The number of carbonyl (C=O) groups is 1. The molecule has 1 aliphatic heterocycles. The van der Waals surface area contributed by atoms with Gasteiger partial charge in [0.15, 0.2) is 6.61 Å². The Labute approximate surface area is 135 Å². The molecule has 0 aliphatic carbocycles. The van der Waals surface area contributed by atoms with Crippen molar-refractivity contribution in [3.63, 3.8) is 0 Å². The van der Waals surface area contributed by atoms with Crippen molar-refractivity contribution in [3.05, 3.63) is 41.4 Å². The van der Waals surface area contributed by atoms with E-state index < -0.39 is 0 Å². The van der Waals surface area contributed by atoms with Crippen LogP contribution in [0.15, 0.2) is 36.4 Å². The van der Waals surface area contributed by atoms with Crippen molar-refractivity contribution in [2.45, 2.75) is 13.0 Å². The second-order valence-corrected chi connectivity index (χ2v) is 5.93. The topological polar surface area (TPSA) is 41.6 Å². The van der Waals surface area contributed by atoms with Gasteiger partial charge in [-0.15, -0.1) is 0 Å². The highest BCUT2D eigenvalue weighted by Gasteiger charge is 2.23. The molecule has 116 valence electrons. The summed E-state index contributed by atoms with van der Waals surface area (Å²) in [6.07, 6.45) is 0. The molecule has 2 aromatic rings. The van der Waals surface area contributed by atoms with Crippen molar-refractivity contribution < 1.29 is 9.53 Å². The van der Waals surface area contributed by atoms with Crippen LogP contribution in [0.25, 0.3) is 10.8 Å². The van der Waals surface area contributed by atoms with Crippen molar-refractivity contribution in [2.24, 2.45) is 0 Å². The fourth-order valence-electron chi connectivity index (χ4n) is 2.79. The van der Waals surface area contributed by atoms with Gasteiger partial charge in [-0.05, 0) is 19.1 Å². The summed E-state index contributed by atoms with van der Waals surface area (Å²) < 4.78 is 5.77. The molecule has 1 aliphatic rings. The summed E-state index contributed by atoms with van der Waals surface area (Å²) in [6, 6.07) is 11.6. The highest BCUT2D eigenvalue weighted by molar-refractivity contribution is 6.35. The van der Waals surface area contributed by atoms with Gasteiger partial charge in [-0.1, -0.05) is 35.9 Å². The van der Waals surface area contributed by atoms with Gasteiger partial charge in [0, 0.05) is 41.5 Å². The van der Waals surface area contributed by atoms with E-state index in [4.69, 9.17) is 16.3 Å². The molecular formula is C17H19ClN2O2. The van der Waals surface area contributed by atoms with E-state index in [0.717, 1.165) is 30.4 Å². The zero-order valence-corrected chi connectivity index (χ0v) is 13.3. The molecule has 4 nitrogen and oxygen atoms in total. The summed E-state index contributed by atoms with van der Waals surface area (Å²) in [5.41, 5.74) is 0. The Bertz CT molecular complexity index is 689. The maximum absolute atomic E-state index is 12.3. The van der Waals surface area contributed by atoms with Crippen molar-refractivity contribution in [1.82, 2.24) is 10.2 Å². The number of benzene rings is 2. The molecular weight excluding hydrogens is 300 g/mol. The molecule has 1 atom stereocenters. The van der Waals surface area contributed by atoms with E-state index in [1.807, 2.05) is 42.2 Å². The van der Waals surface area contributed by atoms with Gasteiger partial charge in [0.2, 0.25) is 0 Å². The Hall–Kier alpha value is -1.78. The number of nitrogens with zero attached hydrogens (tertiary/aromatic N) is 1. The molecule has 2 aromatic carbocycles. The zero-order chi connectivity index (χ0) is 15.5. The smallest absolute Gasteiger partial charge is 0.260 e. The fraction of sp³-hybridized carbons (Fsp3) is 0.353. The van der Waals surface area contributed by atoms with E-state index in [1.165, 1.54) is 0 Å². The number of amides is 1. The predicted molar refractivity (Wildman–Crippen MR) is 88.5 cm³/mol. The molecule has 1 amide bonds. The van der Waals surface area contributed by atoms with Crippen molar-refractivity contribution >= 4 is 28.3 Å². The molecule has 3 rings (SSSR count). The maximum atomic E-state index is 12.3. The van der Waals surface area contributed by atoms with E-state index in [2.05, 4.69) is 5.32 Å². The van der Waals surface area contributed by atoms with E-state index >= 15 is 0 Å². The quantitative estimate of drug-likeness (QED) is 0.946. The molecule has 0 aromatic heterocycles. The van der Waals surface area contributed by atoms with Gasteiger partial charge in [0.05, 0.1) is 0 Å². The average Bonchev–Trinajstić information content (AvgIpc) is 2.55. The number of fused-ring (bicyclic) bond motifs is 1. The highest BCUT2D eigenvalue weighted by atomic mass is 35.5. The number of nitrogens with one attached hydrogen (secondary N) is 1. The summed E-state index contributed by atoms with van der Waals surface area (Å²) in [5.74, 6) is 0.712. The van der Waals surface area contributed by atoms with Crippen LogP contribution in [0.5, 0.6) is 5.75 Å². The SMILES string of the molecule is C[C@@H]1CNCCN1C(=O)COc1ccc(Cl)c2ccccc12. The van der Waals surface area contributed by atoms with Gasteiger partial charge in [-0.3, -0.25) is 4.79 Å². The predicted octanol–water partition coefficient (Wildman–Crippen LogP) is 2.69. The van der Waals surface area contributed by atoms with E-state index in [-0.39, 0.29) is 18.6 Å². The first kappa shape index (κ1) is 15.1. The van der Waals surface area contributed by atoms with Crippen LogP contribution in [0.3, 0.4) is 0 Å². The van der Waals surface area contributed by atoms with Gasteiger partial charge >= 0.3 is 0 Å². The monoisotopic (exact) mass is 318 g/mol. The highest BCUT2D eigenvalue weighted by Crippen LogP contribution is 2.31. The van der Waals surface area contributed by atoms with E-state index in [9.17, 15) is 4.79 Å². The van der Waals surface area contributed by atoms with Crippen LogP contribution >= 0.6 is 11.6 Å². The lowest BCUT2D eigenvalue weighted by Crippen LogP contribution is -2.53. The number of ether oxygens (including phenoxy) is 1. The summed E-state index contributed by atoms with van der Waals surface area (Å²) in [6.45, 7) is 4.48. The van der Waals surface area contributed by atoms with Crippen LogP contribution in [0.1, 0.15) is 6.92 Å². The molecule has 0 spiro atoms. The van der Waals surface area contributed by atoms with Crippen LogP contribution in [0, 0.1) is 0 Å². The zero-order valence-electron chi connectivity index (χ0n) is 12.5. The lowest BCUT2D eigenvalue weighted by atomic mass is 10.1. The minimum atomic E-state index is 0.0213. The summed E-state index contributed by atoms with van der Waals surface area (Å²) in [5, 5.41) is 5.82. The Balaban J connectivity index is 1.74. The largest absolute Gasteiger partial charge is 0.483 e. The van der Waals surface area contributed by atoms with Gasteiger partial charge < -0.3 is 15.0 Å². The normalized spacial score (nSPS) is 18.5. The van der Waals surface area contributed by atoms with Gasteiger partial charge in [-0.2, -0.15) is 0 Å². The first-order valence-electron chi connectivity index (χ1n) is 7.47. The molecule has 1 fully saturated rings. The van der Waals surface area contributed by atoms with Gasteiger partial charge in [0.1, 0.15) is 5.75 Å². The van der Waals surface area contributed by atoms with Crippen LogP contribution in [-0.2, 0) is 4.79 Å². The number of hydrogen-bond donors (Lipinski definition) is 1. The number of halogens is 1. The average molecular weight is 319 g/mol. The number of piperazine rings is 1. The third-order valence-corrected chi connectivity index (χ3v) is 4.33. The molecule has 5 heteroatoms. The molecule has 0 radical (unpaired) electrons. The number of hydrogen-bond acceptors (Lipinski definition) is 3. The molecule has 1 saturated heterocycles. The van der Waals surface area contributed by atoms with E-state index in [1.54, 1.807) is 6.07 Å². The number of rotatable bonds is 3. The Morgan fingerprint density at radius 1 is 1.32 bits per heavy atom. The summed E-state index contributed by atoms with van der Waals surface area (Å²) in [4.78, 5) is 14.2. The minimum Gasteiger partial charge on any atom is -0.483 e. The summed E-state index contributed by atoms with van der Waals surface area (Å²) in [7, 11) is 0. The summed E-state index contributed by atoms with van der Waals surface area (Å²) >= 11 is 6.19. The Morgan fingerprint density at radius 2 is 2.09 bits per heavy atom. The minimum absolute atomic E-state index is 0.0213. The third-order valence-electron chi connectivity index (χ3n) is 4.00. The maximum Gasteiger partial charge on any atom is 0.260 e. The van der Waals surface area contributed by atoms with Crippen molar-refractivity contribution in [3.8, 4) is 5.75 Å². The molecule has 0 unspecified atom stereocenters. The van der Waals surface area contributed by atoms with Crippen molar-refractivity contribution in [2.75, 3.05) is 26.2 Å². The third kappa shape index (κ3) is 3.03. The lowest BCUT2D eigenvalue weighted by molar-refractivity contribution is -0.136. The molecule has 1 N–H and O–H groups in total. The molecule has 22 heavy (non-hydrogen) atoms. The van der Waals surface area contributed by atoms with Crippen LogP contribution in [0.4, 0.5) is 0 Å². The van der Waals surface area contributed by atoms with Crippen molar-refractivity contribution in [1.29, 1.82) is 0 Å². The van der Waals surface area contributed by atoms with Gasteiger partial charge in [0.25, 0.3) is 5.91 Å². The molecule has 0 bridgehead atoms. The standard InChI is InChI=1S/C17H19ClN2O2/c1-12-10-19-8-9-20(12)17(21)11-22-16-7-6-15(18)13-4-2-3-5-14(13)16/h2-7,12,19H,8-11H2,1H3/t12-/m1/s1. The molecule has 0 saturated carbocycles. The second-order valence-electron chi connectivity index (χ2n) is 5.52. The van der Waals surface area contributed by atoms with Crippen LogP contribution in [0.2, 0.25) is 5.02 Å². The Morgan fingerprint density at radius 3 is 2.86 bits per heavy atom. The fourth-order valence-corrected chi connectivity index (χ4v) is 3.02. The lowest BCUT2D eigenvalue weighted by Gasteiger charge is -2.33. The van der Waals surface area contributed by atoms with Gasteiger partial charge in [-0.25, -0.2) is 0 Å². The van der Waals surface area contributed by atoms with Crippen LogP contribution < -0.4 is 10.1 Å².